The largest absolute Gasteiger partial charge is 0.396 e. The van der Waals surface area contributed by atoms with Crippen molar-refractivity contribution < 1.29 is 4.79 Å². The molecule has 3 N–H and O–H groups in total. The fraction of sp³-hybridized carbons (Fsp3) is 0.364. The number of hydrogen-bond acceptors (Lipinski definition) is 4. The molecule has 2 heterocycles. The van der Waals surface area contributed by atoms with E-state index in [-0.39, 0.29) is 11.6 Å². The maximum Gasteiger partial charge on any atom is 0.278 e. The predicted octanol–water partition coefficient (Wildman–Crippen LogP) is 0.605. The number of amides is 1. The lowest BCUT2D eigenvalue weighted by Crippen LogP contribution is -2.15. The van der Waals surface area contributed by atoms with Gasteiger partial charge < -0.3 is 11.1 Å². The summed E-state index contributed by atoms with van der Waals surface area (Å²) < 4.78 is 3.22. The van der Waals surface area contributed by atoms with Gasteiger partial charge in [0.05, 0.1) is 22.8 Å². The van der Waals surface area contributed by atoms with E-state index in [1.807, 2.05) is 20.9 Å². The van der Waals surface area contributed by atoms with Crippen molar-refractivity contribution in [2.75, 3.05) is 11.1 Å². The van der Waals surface area contributed by atoms with Crippen LogP contribution < -0.4 is 11.1 Å². The van der Waals surface area contributed by atoms with Crippen LogP contribution in [0.25, 0.3) is 0 Å². The molecule has 0 unspecified atom stereocenters. The lowest BCUT2D eigenvalue weighted by atomic mass is 10.3. The van der Waals surface area contributed by atoms with Gasteiger partial charge in [-0.1, -0.05) is 0 Å². The Kier molecular flexibility index (Phi) is 2.82. The molecule has 0 fully saturated rings. The molecule has 2 rings (SSSR count). The van der Waals surface area contributed by atoms with E-state index in [0.29, 0.717) is 11.4 Å². The van der Waals surface area contributed by atoms with Crippen LogP contribution in [0.5, 0.6) is 0 Å². The maximum absolute atomic E-state index is 12.1. The molecule has 0 spiro atoms. The topological polar surface area (TPSA) is 90.8 Å². The molecule has 96 valence electrons. The molecule has 0 saturated carbocycles. The van der Waals surface area contributed by atoms with Crippen LogP contribution in [0.3, 0.4) is 0 Å². The summed E-state index contributed by atoms with van der Waals surface area (Å²) >= 11 is 0. The number of nitrogen functional groups attached to an aromatic ring is 1. The van der Waals surface area contributed by atoms with Gasteiger partial charge in [-0.05, 0) is 13.8 Å². The molecular formula is C11H16N6O. The van der Waals surface area contributed by atoms with E-state index in [0.717, 1.165) is 11.4 Å². The van der Waals surface area contributed by atoms with Gasteiger partial charge in [0.1, 0.15) is 0 Å². The average molecular weight is 248 g/mol. The van der Waals surface area contributed by atoms with Gasteiger partial charge in [-0.15, -0.1) is 0 Å². The van der Waals surface area contributed by atoms with Gasteiger partial charge in [0, 0.05) is 20.3 Å². The second-order valence-electron chi connectivity index (χ2n) is 4.23. The van der Waals surface area contributed by atoms with Crippen molar-refractivity contribution in [3.05, 3.63) is 23.3 Å². The molecule has 0 atom stereocenters. The van der Waals surface area contributed by atoms with Crippen molar-refractivity contribution in [1.29, 1.82) is 0 Å². The second kappa shape index (κ2) is 4.17. The van der Waals surface area contributed by atoms with Gasteiger partial charge in [0.15, 0.2) is 5.69 Å². The summed E-state index contributed by atoms with van der Waals surface area (Å²) in [6.45, 7) is 3.72. The molecule has 2 aromatic rings. The second-order valence-corrected chi connectivity index (χ2v) is 4.23. The molecule has 0 aromatic carbocycles. The molecule has 7 nitrogen and oxygen atoms in total. The van der Waals surface area contributed by atoms with E-state index in [9.17, 15) is 4.79 Å². The third-order valence-electron chi connectivity index (χ3n) is 2.82. The number of nitrogens with zero attached hydrogens (tertiary/aromatic N) is 4. The van der Waals surface area contributed by atoms with E-state index >= 15 is 0 Å². The van der Waals surface area contributed by atoms with Crippen LogP contribution in [0.15, 0.2) is 6.20 Å². The lowest BCUT2D eigenvalue weighted by Gasteiger charge is -2.04. The van der Waals surface area contributed by atoms with Gasteiger partial charge in [0.2, 0.25) is 0 Å². The molecule has 18 heavy (non-hydrogen) atoms. The van der Waals surface area contributed by atoms with Gasteiger partial charge >= 0.3 is 0 Å². The third kappa shape index (κ3) is 1.94. The van der Waals surface area contributed by atoms with Crippen molar-refractivity contribution >= 4 is 17.3 Å². The van der Waals surface area contributed by atoms with Crippen LogP contribution in [-0.2, 0) is 14.1 Å². The van der Waals surface area contributed by atoms with Crippen LogP contribution >= 0.6 is 0 Å². The Bertz CT molecular complexity index is 609. The minimum atomic E-state index is -0.327. The Morgan fingerprint density at radius 1 is 1.33 bits per heavy atom. The Morgan fingerprint density at radius 3 is 2.44 bits per heavy atom. The zero-order valence-corrected chi connectivity index (χ0v) is 10.9. The van der Waals surface area contributed by atoms with Crippen molar-refractivity contribution in [2.24, 2.45) is 14.1 Å². The van der Waals surface area contributed by atoms with E-state index in [2.05, 4.69) is 15.5 Å². The van der Waals surface area contributed by atoms with E-state index in [1.54, 1.807) is 17.9 Å². The van der Waals surface area contributed by atoms with Gasteiger partial charge in [-0.3, -0.25) is 14.2 Å². The first-order valence-electron chi connectivity index (χ1n) is 5.50. The quantitative estimate of drug-likeness (QED) is 0.814. The Labute approximate surface area is 105 Å². The van der Waals surface area contributed by atoms with Crippen molar-refractivity contribution in [1.82, 2.24) is 19.6 Å². The monoisotopic (exact) mass is 248 g/mol. The van der Waals surface area contributed by atoms with Crippen molar-refractivity contribution in [3.8, 4) is 0 Å². The number of anilines is 2. The summed E-state index contributed by atoms with van der Waals surface area (Å²) in [6.07, 6.45) is 1.60. The highest BCUT2D eigenvalue weighted by molar-refractivity contribution is 6.06. The van der Waals surface area contributed by atoms with Crippen LogP contribution in [0.1, 0.15) is 21.9 Å². The minimum absolute atomic E-state index is 0.222. The number of carbonyl (C=O) groups is 1. The summed E-state index contributed by atoms with van der Waals surface area (Å²) in [4.78, 5) is 12.1. The first kappa shape index (κ1) is 12.2. The Morgan fingerprint density at radius 2 is 2.00 bits per heavy atom. The van der Waals surface area contributed by atoms with Crippen LogP contribution in [0.2, 0.25) is 0 Å². The zero-order chi connectivity index (χ0) is 13.4. The molecule has 2 aromatic heterocycles. The molecule has 0 radical (unpaired) electrons. The van der Waals surface area contributed by atoms with E-state index in [4.69, 9.17) is 5.73 Å². The predicted molar refractivity (Wildman–Crippen MR) is 68.3 cm³/mol. The molecule has 0 bridgehead atoms. The Balaban J connectivity index is 2.29. The number of rotatable bonds is 2. The summed E-state index contributed by atoms with van der Waals surface area (Å²) in [7, 11) is 3.54. The van der Waals surface area contributed by atoms with Crippen LogP contribution in [-0.4, -0.2) is 25.5 Å². The third-order valence-corrected chi connectivity index (χ3v) is 2.82. The normalized spacial score (nSPS) is 10.7. The number of nitrogens with one attached hydrogen (secondary N) is 1. The smallest absolute Gasteiger partial charge is 0.278 e. The lowest BCUT2D eigenvalue weighted by molar-refractivity contribution is 0.102. The number of hydrogen-bond donors (Lipinski definition) is 2. The number of nitrogens with two attached hydrogens (primary N) is 1. The molecule has 1 amide bonds. The SMILES string of the molecule is Cc1nn(C)c(C)c1NC(=O)c1nn(C)cc1N. The van der Waals surface area contributed by atoms with Gasteiger partial charge in [0.25, 0.3) is 5.91 Å². The number of carbonyl (C=O) groups excluding carboxylic acids is 1. The summed E-state index contributed by atoms with van der Waals surface area (Å²) in [6, 6.07) is 0. The highest BCUT2D eigenvalue weighted by Gasteiger charge is 2.18. The molecule has 0 aliphatic rings. The van der Waals surface area contributed by atoms with Gasteiger partial charge in [-0.25, -0.2) is 0 Å². The fourth-order valence-corrected chi connectivity index (χ4v) is 1.81. The van der Waals surface area contributed by atoms with E-state index < -0.39 is 0 Å². The van der Waals surface area contributed by atoms with Crippen molar-refractivity contribution in [3.63, 3.8) is 0 Å². The highest BCUT2D eigenvalue weighted by atomic mass is 16.2. The summed E-state index contributed by atoms with van der Waals surface area (Å²) in [5.41, 5.74) is 8.64. The van der Waals surface area contributed by atoms with Gasteiger partial charge in [-0.2, -0.15) is 10.2 Å². The first-order valence-corrected chi connectivity index (χ1v) is 5.50. The van der Waals surface area contributed by atoms with E-state index in [1.165, 1.54) is 4.68 Å². The first-order chi connectivity index (χ1) is 8.40. The van der Waals surface area contributed by atoms with Crippen molar-refractivity contribution in [2.45, 2.75) is 13.8 Å². The average Bonchev–Trinajstić information content (AvgIpc) is 2.73. The highest BCUT2D eigenvalue weighted by Crippen LogP contribution is 2.20. The molecule has 0 aliphatic carbocycles. The standard InChI is InChI=1S/C11H16N6O/c1-6-9(7(2)17(4)14-6)13-11(18)10-8(12)5-16(3)15-10/h5H,12H2,1-4H3,(H,13,18). The molecule has 7 heteroatoms. The fourth-order valence-electron chi connectivity index (χ4n) is 1.81. The number of aromatic nitrogens is 4. The zero-order valence-electron chi connectivity index (χ0n) is 10.9. The summed E-state index contributed by atoms with van der Waals surface area (Å²) in [5, 5.41) is 11.0. The Hall–Kier alpha value is -2.31. The number of aryl methyl sites for hydroxylation is 3. The summed E-state index contributed by atoms with van der Waals surface area (Å²) in [5.74, 6) is -0.327. The molecule has 0 saturated heterocycles. The molecular weight excluding hydrogens is 232 g/mol. The van der Waals surface area contributed by atoms with Crippen LogP contribution in [0.4, 0.5) is 11.4 Å². The maximum atomic E-state index is 12.1. The van der Waals surface area contributed by atoms with Crippen LogP contribution in [0, 0.1) is 13.8 Å². The minimum Gasteiger partial charge on any atom is -0.396 e. The molecule has 0 aliphatic heterocycles.